The van der Waals surface area contributed by atoms with Crippen molar-refractivity contribution < 1.29 is 13.2 Å². The normalized spacial score (nSPS) is 14.9. The third kappa shape index (κ3) is 5.77. The van der Waals surface area contributed by atoms with E-state index in [1.54, 1.807) is 13.8 Å². The molecule has 0 radical (unpaired) electrons. The van der Waals surface area contributed by atoms with Crippen LogP contribution in [0.25, 0.3) is 0 Å². The lowest BCUT2D eigenvalue weighted by molar-refractivity contribution is -0.116. The zero-order valence-electron chi connectivity index (χ0n) is 18.8. The van der Waals surface area contributed by atoms with E-state index < -0.39 is 21.5 Å². The molecule has 1 amide bonds. The SMILES string of the molecule is CCN(CC)S(=O)(=O)c1ccc(=O)n(CC(=O)Nc2ccc(N3CCCCCC3)cc2)c1. The van der Waals surface area contributed by atoms with E-state index in [0.29, 0.717) is 18.8 Å². The van der Waals surface area contributed by atoms with Gasteiger partial charge in [0, 0.05) is 49.8 Å². The molecule has 8 nitrogen and oxygen atoms in total. The Morgan fingerprint density at radius 3 is 2.19 bits per heavy atom. The zero-order chi connectivity index (χ0) is 23.1. The van der Waals surface area contributed by atoms with Gasteiger partial charge in [0.25, 0.3) is 5.56 Å². The fourth-order valence-electron chi connectivity index (χ4n) is 3.94. The summed E-state index contributed by atoms with van der Waals surface area (Å²) in [6, 6.07) is 10.1. The number of sulfonamides is 1. The van der Waals surface area contributed by atoms with Crippen molar-refractivity contribution in [1.29, 1.82) is 0 Å². The lowest BCUT2D eigenvalue weighted by Gasteiger charge is -2.22. The molecule has 0 saturated carbocycles. The second-order valence-electron chi connectivity index (χ2n) is 7.92. The molecule has 1 aliphatic heterocycles. The number of anilines is 2. The predicted molar refractivity (Wildman–Crippen MR) is 127 cm³/mol. The van der Waals surface area contributed by atoms with E-state index in [-0.39, 0.29) is 11.4 Å². The van der Waals surface area contributed by atoms with Crippen molar-refractivity contribution in [3.63, 3.8) is 0 Å². The average Bonchev–Trinajstić information content (AvgIpc) is 3.06. The van der Waals surface area contributed by atoms with E-state index in [0.717, 1.165) is 23.3 Å². The summed E-state index contributed by atoms with van der Waals surface area (Å²) in [5, 5.41) is 2.79. The van der Waals surface area contributed by atoms with Crippen LogP contribution in [0.3, 0.4) is 0 Å². The van der Waals surface area contributed by atoms with Crippen LogP contribution in [-0.4, -0.2) is 49.4 Å². The zero-order valence-corrected chi connectivity index (χ0v) is 19.6. The lowest BCUT2D eigenvalue weighted by Crippen LogP contribution is -2.33. The van der Waals surface area contributed by atoms with Crippen molar-refractivity contribution in [2.75, 3.05) is 36.4 Å². The number of nitrogens with one attached hydrogen (secondary N) is 1. The van der Waals surface area contributed by atoms with Gasteiger partial charge in [0.2, 0.25) is 15.9 Å². The largest absolute Gasteiger partial charge is 0.372 e. The van der Waals surface area contributed by atoms with Gasteiger partial charge in [0.05, 0.1) is 4.90 Å². The maximum atomic E-state index is 12.7. The molecule has 1 aromatic carbocycles. The highest BCUT2D eigenvalue weighted by molar-refractivity contribution is 7.89. The molecule has 2 heterocycles. The molecule has 1 fully saturated rings. The Morgan fingerprint density at radius 2 is 1.59 bits per heavy atom. The number of aromatic nitrogens is 1. The molecule has 0 aliphatic carbocycles. The summed E-state index contributed by atoms with van der Waals surface area (Å²) in [6.45, 7) is 5.97. The molecule has 2 aromatic rings. The van der Waals surface area contributed by atoms with E-state index in [1.807, 2.05) is 24.3 Å². The summed E-state index contributed by atoms with van der Waals surface area (Å²) in [4.78, 5) is 27.1. The third-order valence-corrected chi connectivity index (χ3v) is 7.77. The van der Waals surface area contributed by atoms with Crippen LogP contribution < -0.4 is 15.8 Å². The maximum Gasteiger partial charge on any atom is 0.251 e. The van der Waals surface area contributed by atoms with E-state index in [1.165, 1.54) is 48.3 Å². The molecular formula is C23H32N4O4S. The van der Waals surface area contributed by atoms with Crippen molar-refractivity contribution in [3.05, 3.63) is 52.9 Å². The van der Waals surface area contributed by atoms with Crippen molar-refractivity contribution in [2.45, 2.75) is 51.0 Å². The summed E-state index contributed by atoms with van der Waals surface area (Å²) in [5.74, 6) is -0.396. The molecule has 0 unspecified atom stereocenters. The number of hydrogen-bond acceptors (Lipinski definition) is 5. The minimum atomic E-state index is -3.72. The van der Waals surface area contributed by atoms with Gasteiger partial charge in [-0.05, 0) is 43.2 Å². The van der Waals surface area contributed by atoms with Crippen molar-refractivity contribution in [3.8, 4) is 0 Å². The molecule has 1 aliphatic rings. The van der Waals surface area contributed by atoms with Crippen molar-refractivity contribution in [1.82, 2.24) is 8.87 Å². The number of benzene rings is 1. The number of carbonyl (C=O) groups excluding carboxylic acids is 1. The Kier molecular flexibility index (Phi) is 8.09. The first-order valence-electron chi connectivity index (χ1n) is 11.2. The van der Waals surface area contributed by atoms with Crippen LogP contribution in [-0.2, 0) is 21.4 Å². The summed E-state index contributed by atoms with van der Waals surface area (Å²) >= 11 is 0. The van der Waals surface area contributed by atoms with E-state index >= 15 is 0 Å². The minimum Gasteiger partial charge on any atom is -0.372 e. The number of hydrogen-bond donors (Lipinski definition) is 1. The monoisotopic (exact) mass is 460 g/mol. The second kappa shape index (κ2) is 10.8. The number of nitrogens with zero attached hydrogens (tertiary/aromatic N) is 3. The first-order valence-corrected chi connectivity index (χ1v) is 12.6. The van der Waals surface area contributed by atoms with Gasteiger partial charge in [0.15, 0.2) is 0 Å². The van der Waals surface area contributed by atoms with Crippen LogP contribution >= 0.6 is 0 Å². The molecule has 0 atom stereocenters. The van der Waals surface area contributed by atoms with Crippen LogP contribution in [0.4, 0.5) is 11.4 Å². The number of rotatable bonds is 8. The fraction of sp³-hybridized carbons (Fsp3) is 0.478. The lowest BCUT2D eigenvalue weighted by atomic mass is 10.2. The summed E-state index contributed by atoms with van der Waals surface area (Å²) < 4.78 is 27.9. The number of pyridine rings is 1. The molecule has 3 rings (SSSR count). The van der Waals surface area contributed by atoms with E-state index in [2.05, 4.69) is 10.2 Å². The van der Waals surface area contributed by atoms with Crippen LogP contribution in [0.15, 0.2) is 52.3 Å². The standard InChI is InChI=1S/C23H32N4O4S/c1-3-27(4-2)32(30,31)21-13-14-23(29)26(17-21)18-22(28)24-19-9-11-20(12-10-19)25-15-7-5-6-8-16-25/h9-14,17H,3-8,15-16,18H2,1-2H3,(H,24,28). The third-order valence-electron chi connectivity index (χ3n) is 5.74. The van der Waals surface area contributed by atoms with Gasteiger partial charge in [-0.3, -0.25) is 9.59 Å². The summed E-state index contributed by atoms with van der Waals surface area (Å²) in [5.41, 5.74) is 1.33. The smallest absolute Gasteiger partial charge is 0.251 e. The molecule has 1 saturated heterocycles. The van der Waals surface area contributed by atoms with Crippen LogP contribution in [0, 0.1) is 0 Å². The molecule has 1 N–H and O–H groups in total. The van der Waals surface area contributed by atoms with E-state index in [4.69, 9.17) is 0 Å². The van der Waals surface area contributed by atoms with Gasteiger partial charge in [-0.1, -0.05) is 26.7 Å². The van der Waals surface area contributed by atoms with Crippen molar-refractivity contribution >= 4 is 27.3 Å². The van der Waals surface area contributed by atoms with Crippen LogP contribution in [0.1, 0.15) is 39.5 Å². The summed E-state index contributed by atoms with van der Waals surface area (Å²) in [6.07, 6.45) is 6.15. The fourth-order valence-corrected chi connectivity index (χ4v) is 5.42. The Bertz CT molecular complexity index is 1070. The molecule has 174 valence electrons. The predicted octanol–water partition coefficient (Wildman–Crippen LogP) is 2.90. The number of carbonyl (C=O) groups is 1. The topological polar surface area (TPSA) is 91.7 Å². The van der Waals surface area contributed by atoms with Gasteiger partial charge < -0.3 is 14.8 Å². The maximum absolute atomic E-state index is 12.7. The minimum absolute atomic E-state index is 0.00426. The Labute approximate surface area is 189 Å². The van der Waals surface area contributed by atoms with Gasteiger partial charge in [-0.2, -0.15) is 4.31 Å². The molecule has 9 heteroatoms. The number of amides is 1. The first-order chi connectivity index (χ1) is 15.3. The van der Waals surface area contributed by atoms with Crippen LogP contribution in [0.2, 0.25) is 0 Å². The van der Waals surface area contributed by atoms with Crippen LogP contribution in [0.5, 0.6) is 0 Å². The van der Waals surface area contributed by atoms with Gasteiger partial charge in [0.1, 0.15) is 6.54 Å². The quantitative estimate of drug-likeness (QED) is 0.654. The Morgan fingerprint density at radius 1 is 0.969 bits per heavy atom. The second-order valence-corrected chi connectivity index (χ2v) is 9.85. The first kappa shape index (κ1) is 24.0. The molecule has 0 bridgehead atoms. The molecule has 0 spiro atoms. The average molecular weight is 461 g/mol. The Balaban J connectivity index is 1.69. The summed E-state index contributed by atoms with van der Waals surface area (Å²) in [7, 11) is -3.72. The van der Waals surface area contributed by atoms with Gasteiger partial charge in [-0.15, -0.1) is 0 Å². The highest BCUT2D eigenvalue weighted by Gasteiger charge is 2.22. The van der Waals surface area contributed by atoms with Gasteiger partial charge in [-0.25, -0.2) is 8.42 Å². The van der Waals surface area contributed by atoms with Gasteiger partial charge >= 0.3 is 0 Å². The molecule has 1 aromatic heterocycles. The highest BCUT2D eigenvalue weighted by atomic mass is 32.2. The highest BCUT2D eigenvalue weighted by Crippen LogP contribution is 2.21. The Hall–Kier alpha value is -2.65. The molecule has 32 heavy (non-hydrogen) atoms. The van der Waals surface area contributed by atoms with Crippen molar-refractivity contribution in [2.24, 2.45) is 0 Å². The molecular weight excluding hydrogens is 428 g/mol. The van der Waals surface area contributed by atoms with E-state index in [9.17, 15) is 18.0 Å².